The molecule has 2 aliphatic heterocycles. The van der Waals surface area contributed by atoms with Crippen molar-refractivity contribution in [1.29, 1.82) is 0 Å². The van der Waals surface area contributed by atoms with E-state index in [1.54, 1.807) is 17.9 Å². The summed E-state index contributed by atoms with van der Waals surface area (Å²) in [5.74, 6) is 0.805. The average Bonchev–Trinajstić information content (AvgIpc) is 2.70. The van der Waals surface area contributed by atoms with Crippen molar-refractivity contribution in [2.75, 3.05) is 19.0 Å². The highest BCUT2D eigenvalue weighted by Gasteiger charge is 2.41. The molecule has 146 valence electrons. The maximum absolute atomic E-state index is 12.8. The molecule has 0 spiro atoms. The van der Waals surface area contributed by atoms with Crippen molar-refractivity contribution in [3.63, 3.8) is 0 Å². The van der Waals surface area contributed by atoms with Crippen LogP contribution in [0.2, 0.25) is 0 Å². The number of amides is 1. The molecular formula is C21H22N2O4S. The molecule has 1 aromatic rings. The largest absolute Gasteiger partial charge is 0.490 e. The van der Waals surface area contributed by atoms with Gasteiger partial charge in [0.05, 0.1) is 17.3 Å². The minimum Gasteiger partial charge on any atom is -0.490 e. The summed E-state index contributed by atoms with van der Waals surface area (Å²) in [6.45, 7) is 9.47. The molecule has 7 heteroatoms. The topological polar surface area (TPSA) is 68.2 Å². The third kappa shape index (κ3) is 4.04. The van der Waals surface area contributed by atoms with Gasteiger partial charge in [0.25, 0.3) is 0 Å². The Balaban J connectivity index is 2.02. The summed E-state index contributed by atoms with van der Waals surface area (Å²) >= 11 is 1.52. The minimum atomic E-state index is -0.585. The summed E-state index contributed by atoms with van der Waals surface area (Å²) in [4.78, 5) is 31.6. The van der Waals surface area contributed by atoms with Crippen LogP contribution >= 0.6 is 11.8 Å². The molecule has 0 unspecified atom stereocenters. The molecule has 0 radical (unpaired) electrons. The molecule has 0 saturated carbocycles. The Morgan fingerprint density at radius 3 is 2.68 bits per heavy atom. The average molecular weight is 398 g/mol. The second-order valence-corrected chi connectivity index (χ2v) is 7.28. The summed E-state index contributed by atoms with van der Waals surface area (Å²) in [5.41, 5.74) is 1.71. The highest BCUT2D eigenvalue weighted by Crippen LogP contribution is 2.40. The highest BCUT2D eigenvalue weighted by molar-refractivity contribution is 8.14. The monoisotopic (exact) mass is 398 g/mol. The Bertz CT molecular complexity index is 858. The molecule has 2 aliphatic rings. The zero-order valence-electron chi connectivity index (χ0n) is 15.7. The maximum atomic E-state index is 12.8. The molecule has 0 aliphatic carbocycles. The van der Waals surface area contributed by atoms with Crippen LogP contribution in [0.5, 0.6) is 5.75 Å². The van der Waals surface area contributed by atoms with E-state index in [-0.39, 0.29) is 12.5 Å². The molecular weight excluding hydrogens is 376 g/mol. The standard InChI is InChI=1S/C21H22N2O4S/c1-4-11-26-16-8-6-15(7-9-16)19-18(20(25)27-12-5-2)14(3)22-21-23(19)17(24)10-13-28-21/h4-9,19H,1-2,10-13H2,3H3/t19-/m1/s1. The van der Waals surface area contributed by atoms with E-state index in [4.69, 9.17) is 9.47 Å². The van der Waals surface area contributed by atoms with Crippen LogP contribution < -0.4 is 4.74 Å². The van der Waals surface area contributed by atoms with E-state index < -0.39 is 12.0 Å². The first-order valence-corrected chi connectivity index (χ1v) is 9.91. The molecule has 2 heterocycles. The summed E-state index contributed by atoms with van der Waals surface area (Å²) in [7, 11) is 0. The third-order valence-corrected chi connectivity index (χ3v) is 5.28. The van der Waals surface area contributed by atoms with E-state index in [1.807, 2.05) is 24.3 Å². The van der Waals surface area contributed by atoms with Crippen LogP contribution in [0, 0.1) is 0 Å². The minimum absolute atomic E-state index is 0.0593. The Morgan fingerprint density at radius 1 is 1.29 bits per heavy atom. The van der Waals surface area contributed by atoms with Crippen molar-refractivity contribution in [2.45, 2.75) is 19.4 Å². The van der Waals surface area contributed by atoms with E-state index >= 15 is 0 Å². The van der Waals surface area contributed by atoms with Crippen LogP contribution in [0.25, 0.3) is 0 Å². The number of benzene rings is 1. The molecule has 1 aromatic carbocycles. The van der Waals surface area contributed by atoms with Crippen molar-refractivity contribution in [3.05, 3.63) is 66.4 Å². The quantitative estimate of drug-likeness (QED) is 0.518. The van der Waals surface area contributed by atoms with Crippen molar-refractivity contribution < 1.29 is 19.1 Å². The zero-order chi connectivity index (χ0) is 20.1. The normalized spacial score (nSPS) is 18.9. The summed E-state index contributed by atoms with van der Waals surface area (Å²) in [6.07, 6.45) is 3.57. The van der Waals surface area contributed by atoms with Gasteiger partial charge < -0.3 is 9.47 Å². The molecule has 1 fully saturated rings. The van der Waals surface area contributed by atoms with Gasteiger partial charge in [0.1, 0.15) is 19.0 Å². The maximum Gasteiger partial charge on any atom is 0.338 e. The summed E-state index contributed by atoms with van der Waals surface area (Å²) in [6, 6.07) is 6.75. The number of thioether (sulfide) groups is 1. The van der Waals surface area contributed by atoms with E-state index in [1.165, 1.54) is 17.8 Å². The molecule has 1 saturated heterocycles. The van der Waals surface area contributed by atoms with Gasteiger partial charge in [-0.3, -0.25) is 9.69 Å². The second-order valence-electron chi connectivity index (χ2n) is 6.21. The van der Waals surface area contributed by atoms with Gasteiger partial charge in [-0.2, -0.15) is 0 Å². The first kappa shape index (κ1) is 19.9. The van der Waals surface area contributed by atoms with Crippen LogP contribution in [-0.2, 0) is 14.3 Å². The Morgan fingerprint density at radius 2 is 2.00 bits per heavy atom. The van der Waals surface area contributed by atoms with Gasteiger partial charge in [-0.15, -0.1) is 0 Å². The van der Waals surface area contributed by atoms with Gasteiger partial charge in [0, 0.05) is 12.2 Å². The number of ether oxygens (including phenoxy) is 2. The van der Waals surface area contributed by atoms with Gasteiger partial charge in [-0.05, 0) is 24.6 Å². The fourth-order valence-corrected chi connectivity index (χ4v) is 4.09. The SMILES string of the molecule is C=CCOC(=O)C1=C(C)N=C2SCCC(=O)N2[C@@H]1c1ccc(OCC=C)cc1. The van der Waals surface area contributed by atoms with E-state index in [2.05, 4.69) is 18.2 Å². The number of allylic oxidation sites excluding steroid dienone is 1. The van der Waals surface area contributed by atoms with Crippen LogP contribution in [0.15, 0.2) is 65.8 Å². The Hall–Kier alpha value is -2.80. The molecule has 1 amide bonds. The Labute approximate surface area is 168 Å². The highest BCUT2D eigenvalue weighted by atomic mass is 32.2. The first-order chi connectivity index (χ1) is 13.6. The number of esters is 1. The number of hydrogen-bond acceptors (Lipinski definition) is 6. The Kier molecular flexibility index (Phi) is 6.36. The van der Waals surface area contributed by atoms with E-state index in [9.17, 15) is 9.59 Å². The second kappa shape index (κ2) is 8.93. The molecule has 6 nitrogen and oxygen atoms in total. The first-order valence-electron chi connectivity index (χ1n) is 8.92. The number of aliphatic imine (C=N–C) groups is 1. The smallest absolute Gasteiger partial charge is 0.338 e. The van der Waals surface area contributed by atoms with Gasteiger partial charge in [0.15, 0.2) is 5.17 Å². The lowest BCUT2D eigenvalue weighted by Gasteiger charge is -2.38. The fraction of sp³-hybridized carbons (Fsp3) is 0.286. The van der Waals surface area contributed by atoms with Gasteiger partial charge in [-0.1, -0.05) is 49.2 Å². The molecule has 28 heavy (non-hydrogen) atoms. The number of carbonyl (C=O) groups excluding carboxylic acids is 2. The lowest BCUT2D eigenvalue weighted by molar-refractivity contribution is -0.139. The third-order valence-electron chi connectivity index (χ3n) is 4.32. The van der Waals surface area contributed by atoms with Crippen molar-refractivity contribution >= 4 is 28.8 Å². The van der Waals surface area contributed by atoms with Crippen LogP contribution in [0.3, 0.4) is 0 Å². The van der Waals surface area contributed by atoms with Crippen molar-refractivity contribution in [1.82, 2.24) is 4.90 Å². The molecule has 1 atom stereocenters. The van der Waals surface area contributed by atoms with Crippen LogP contribution in [0.4, 0.5) is 0 Å². The molecule has 0 N–H and O–H groups in total. The predicted molar refractivity (Wildman–Crippen MR) is 110 cm³/mol. The van der Waals surface area contributed by atoms with Gasteiger partial charge >= 0.3 is 5.97 Å². The molecule has 0 bridgehead atoms. The number of hydrogen-bond donors (Lipinski definition) is 0. The number of fused-ring (bicyclic) bond motifs is 1. The number of nitrogens with zero attached hydrogens (tertiary/aromatic N) is 2. The fourth-order valence-electron chi connectivity index (χ4n) is 3.09. The lowest BCUT2D eigenvalue weighted by Crippen LogP contribution is -2.45. The lowest BCUT2D eigenvalue weighted by atomic mass is 9.94. The van der Waals surface area contributed by atoms with Crippen molar-refractivity contribution in [2.24, 2.45) is 4.99 Å². The summed E-state index contributed by atoms with van der Waals surface area (Å²) in [5, 5.41) is 0.617. The predicted octanol–water partition coefficient (Wildman–Crippen LogP) is 3.63. The van der Waals surface area contributed by atoms with Crippen LogP contribution in [-0.4, -0.2) is 40.9 Å². The number of carbonyl (C=O) groups is 2. The van der Waals surface area contributed by atoms with Crippen LogP contribution in [0.1, 0.15) is 24.9 Å². The van der Waals surface area contributed by atoms with E-state index in [0.717, 1.165) is 5.56 Å². The summed E-state index contributed by atoms with van der Waals surface area (Å²) < 4.78 is 10.8. The van der Waals surface area contributed by atoms with E-state index in [0.29, 0.717) is 41.0 Å². The number of amidine groups is 1. The zero-order valence-corrected chi connectivity index (χ0v) is 16.5. The van der Waals surface area contributed by atoms with Crippen molar-refractivity contribution in [3.8, 4) is 5.75 Å². The number of rotatable bonds is 7. The van der Waals surface area contributed by atoms with Gasteiger partial charge in [-0.25, -0.2) is 9.79 Å². The molecule has 3 rings (SSSR count). The van der Waals surface area contributed by atoms with Gasteiger partial charge in [0.2, 0.25) is 5.91 Å². The molecule has 0 aromatic heterocycles.